The molecule has 0 spiro atoms. The van der Waals surface area contributed by atoms with E-state index in [0.717, 1.165) is 18.9 Å². The van der Waals surface area contributed by atoms with Gasteiger partial charge in [-0.05, 0) is 24.5 Å². The number of anilines is 1. The van der Waals surface area contributed by atoms with Gasteiger partial charge in [0.2, 0.25) is 5.91 Å². The summed E-state index contributed by atoms with van der Waals surface area (Å²) in [4.78, 5) is 11.6. The van der Waals surface area contributed by atoms with Crippen LogP contribution in [0.1, 0.15) is 32.1 Å². The van der Waals surface area contributed by atoms with Crippen LogP contribution in [-0.4, -0.2) is 19.1 Å². The molecule has 1 aromatic carbocycles. The topological polar surface area (TPSA) is 64.3 Å². The van der Waals surface area contributed by atoms with Crippen LogP contribution in [0, 0.1) is 5.92 Å². The van der Waals surface area contributed by atoms with Crippen molar-refractivity contribution in [2.45, 2.75) is 32.1 Å². The first kappa shape index (κ1) is 13.7. The van der Waals surface area contributed by atoms with E-state index >= 15 is 0 Å². The first-order chi connectivity index (χ1) is 9.24. The van der Waals surface area contributed by atoms with Crippen molar-refractivity contribution in [1.29, 1.82) is 0 Å². The molecule has 0 atom stereocenters. The molecule has 0 aliphatic heterocycles. The van der Waals surface area contributed by atoms with Crippen molar-refractivity contribution in [3.63, 3.8) is 0 Å². The molecule has 0 radical (unpaired) electrons. The third-order valence-electron chi connectivity index (χ3n) is 3.56. The Morgan fingerprint density at radius 3 is 2.95 bits per heavy atom. The number of carbonyl (C=O) groups is 1. The van der Waals surface area contributed by atoms with E-state index in [1.54, 1.807) is 12.1 Å². The standard InChI is InChI=1S/C15H22N2O2/c16-13-5-2-6-14(11-13)19-10-8-15(18)17-9-7-12-3-1-4-12/h2,5-6,11-12H,1,3-4,7-10,16H2,(H,17,18). The molecule has 4 heteroatoms. The van der Waals surface area contributed by atoms with Gasteiger partial charge in [0.1, 0.15) is 5.75 Å². The molecular formula is C15H22N2O2. The molecule has 0 saturated heterocycles. The van der Waals surface area contributed by atoms with Gasteiger partial charge in [0.05, 0.1) is 13.0 Å². The van der Waals surface area contributed by atoms with Crippen LogP contribution >= 0.6 is 0 Å². The van der Waals surface area contributed by atoms with E-state index in [2.05, 4.69) is 5.32 Å². The minimum Gasteiger partial charge on any atom is -0.493 e. The zero-order chi connectivity index (χ0) is 13.5. The Balaban J connectivity index is 1.55. The highest BCUT2D eigenvalue weighted by Gasteiger charge is 2.16. The zero-order valence-corrected chi connectivity index (χ0v) is 11.2. The monoisotopic (exact) mass is 262 g/mol. The van der Waals surface area contributed by atoms with E-state index < -0.39 is 0 Å². The van der Waals surface area contributed by atoms with Gasteiger partial charge in [-0.15, -0.1) is 0 Å². The number of rotatable bonds is 7. The molecule has 1 aliphatic rings. The van der Waals surface area contributed by atoms with Crippen LogP contribution in [0.25, 0.3) is 0 Å². The van der Waals surface area contributed by atoms with Crippen LogP contribution in [0.3, 0.4) is 0 Å². The Kier molecular flexibility index (Phi) is 5.07. The molecule has 0 heterocycles. The summed E-state index contributed by atoms with van der Waals surface area (Å²) in [5.41, 5.74) is 6.31. The summed E-state index contributed by atoms with van der Waals surface area (Å²) < 4.78 is 5.48. The SMILES string of the molecule is Nc1cccc(OCCC(=O)NCCC2CCC2)c1. The van der Waals surface area contributed by atoms with Crippen LogP contribution in [-0.2, 0) is 4.79 Å². The van der Waals surface area contributed by atoms with E-state index in [1.807, 2.05) is 12.1 Å². The lowest BCUT2D eigenvalue weighted by atomic mass is 9.83. The van der Waals surface area contributed by atoms with Crippen LogP contribution in [0.15, 0.2) is 24.3 Å². The van der Waals surface area contributed by atoms with E-state index in [1.165, 1.54) is 19.3 Å². The van der Waals surface area contributed by atoms with Crippen molar-refractivity contribution in [2.24, 2.45) is 5.92 Å². The molecular weight excluding hydrogens is 240 g/mol. The number of hydrogen-bond acceptors (Lipinski definition) is 3. The van der Waals surface area contributed by atoms with Crippen LogP contribution in [0.5, 0.6) is 5.75 Å². The van der Waals surface area contributed by atoms with Crippen LogP contribution < -0.4 is 15.8 Å². The smallest absolute Gasteiger partial charge is 0.223 e. The molecule has 1 saturated carbocycles. The maximum atomic E-state index is 11.6. The predicted octanol–water partition coefficient (Wildman–Crippen LogP) is 2.34. The molecule has 3 N–H and O–H groups in total. The van der Waals surface area contributed by atoms with E-state index in [4.69, 9.17) is 10.5 Å². The van der Waals surface area contributed by atoms with Crippen molar-refractivity contribution in [1.82, 2.24) is 5.32 Å². The fourth-order valence-electron chi connectivity index (χ4n) is 2.15. The Bertz CT molecular complexity index is 416. The molecule has 1 amide bonds. The van der Waals surface area contributed by atoms with Gasteiger partial charge in [0.15, 0.2) is 0 Å². The van der Waals surface area contributed by atoms with E-state index in [9.17, 15) is 4.79 Å². The summed E-state index contributed by atoms with van der Waals surface area (Å²) in [5.74, 6) is 1.61. The highest BCUT2D eigenvalue weighted by atomic mass is 16.5. The predicted molar refractivity (Wildman–Crippen MR) is 75.9 cm³/mol. The minimum atomic E-state index is 0.0585. The maximum Gasteiger partial charge on any atom is 0.223 e. The van der Waals surface area contributed by atoms with Crippen molar-refractivity contribution in [3.05, 3.63) is 24.3 Å². The fraction of sp³-hybridized carbons (Fsp3) is 0.533. The van der Waals surface area contributed by atoms with E-state index in [0.29, 0.717) is 24.5 Å². The lowest BCUT2D eigenvalue weighted by Gasteiger charge is -2.25. The molecule has 1 aromatic rings. The molecule has 0 aromatic heterocycles. The number of ether oxygens (including phenoxy) is 1. The summed E-state index contributed by atoms with van der Waals surface area (Å²) in [6, 6.07) is 7.24. The zero-order valence-electron chi connectivity index (χ0n) is 11.2. The second kappa shape index (κ2) is 7.02. The van der Waals surface area contributed by atoms with Crippen LogP contribution in [0.4, 0.5) is 5.69 Å². The van der Waals surface area contributed by atoms with Gasteiger partial charge in [0, 0.05) is 18.3 Å². The van der Waals surface area contributed by atoms with Gasteiger partial charge < -0.3 is 15.8 Å². The first-order valence-electron chi connectivity index (χ1n) is 6.99. The first-order valence-corrected chi connectivity index (χ1v) is 6.99. The minimum absolute atomic E-state index is 0.0585. The summed E-state index contributed by atoms with van der Waals surface area (Å²) in [7, 11) is 0. The molecule has 0 unspecified atom stereocenters. The lowest BCUT2D eigenvalue weighted by Crippen LogP contribution is -2.28. The molecule has 1 aliphatic carbocycles. The number of benzene rings is 1. The normalized spacial score (nSPS) is 14.7. The third-order valence-corrected chi connectivity index (χ3v) is 3.56. The van der Waals surface area contributed by atoms with Crippen molar-refractivity contribution in [3.8, 4) is 5.75 Å². The Morgan fingerprint density at radius 2 is 2.26 bits per heavy atom. The summed E-state index contributed by atoms with van der Waals surface area (Å²) in [5, 5.41) is 2.94. The number of hydrogen-bond donors (Lipinski definition) is 2. The number of nitrogen functional groups attached to an aromatic ring is 1. The Hall–Kier alpha value is -1.71. The van der Waals surface area contributed by atoms with Crippen molar-refractivity contribution < 1.29 is 9.53 Å². The Labute approximate surface area is 114 Å². The van der Waals surface area contributed by atoms with Crippen LogP contribution in [0.2, 0.25) is 0 Å². The van der Waals surface area contributed by atoms with Gasteiger partial charge in [-0.1, -0.05) is 25.3 Å². The molecule has 2 rings (SSSR count). The maximum absolute atomic E-state index is 11.6. The van der Waals surface area contributed by atoms with E-state index in [-0.39, 0.29) is 5.91 Å². The highest BCUT2D eigenvalue weighted by Crippen LogP contribution is 2.28. The summed E-state index contributed by atoms with van der Waals surface area (Å²) >= 11 is 0. The third kappa shape index (κ3) is 4.81. The van der Waals surface area contributed by atoms with Crippen molar-refractivity contribution >= 4 is 11.6 Å². The second-order valence-electron chi connectivity index (χ2n) is 5.11. The van der Waals surface area contributed by atoms with Gasteiger partial charge in [-0.2, -0.15) is 0 Å². The quantitative estimate of drug-likeness (QED) is 0.741. The number of nitrogens with one attached hydrogen (secondary N) is 1. The highest BCUT2D eigenvalue weighted by molar-refractivity contribution is 5.75. The lowest BCUT2D eigenvalue weighted by molar-refractivity contribution is -0.121. The fourth-order valence-corrected chi connectivity index (χ4v) is 2.15. The van der Waals surface area contributed by atoms with Gasteiger partial charge in [-0.25, -0.2) is 0 Å². The number of carbonyl (C=O) groups excluding carboxylic acids is 1. The molecule has 104 valence electrons. The summed E-state index contributed by atoms with van der Waals surface area (Å²) in [6.07, 6.45) is 5.51. The van der Waals surface area contributed by atoms with Gasteiger partial charge >= 0.3 is 0 Å². The molecule has 1 fully saturated rings. The molecule has 4 nitrogen and oxygen atoms in total. The average Bonchev–Trinajstić information content (AvgIpc) is 2.32. The number of nitrogens with two attached hydrogens (primary N) is 1. The van der Waals surface area contributed by atoms with Gasteiger partial charge in [0.25, 0.3) is 0 Å². The van der Waals surface area contributed by atoms with Crippen molar-refractivity contribution in [2.75, 3.05) is 18.9 Å². The second-order valence-corrected chi connectivity index (χ2v) is 5.11. The van der Waals surface area contributed by atoms with Gasteiger partial charge in [-0.3, -0.25) is 4.79 Å². The molecule has 19 heavy (non-hydrogen) atoms. The Morgan fingerprint density at radius 1 is 1.42 bits per heavy atom. The average molecular weight is 262 g/mol. The molecule has 0 bridgehead atoms. The largest absolute Gasteiger partial charge is 0.493 e. The summed E-state index contributed by atoms with van der Waals surface area (Å²) in [6.45, 7) is 1.18. The number of amides is 1.